The third-order valence-corrected chi connectivity index (χ3v) is 6.64. The van der Waals surface area contributed by atoms with Crippen molar-refractivity contribution < 1.29 is 8.42 Å². The number of pyridine rings is 1. The maximum atomic E-state index is 12.6. The molecule has 0 aliphatic rings. The van der Waals surface area contributed by atoms with E-state index in [0.717, 1.165) is 23.4 Å². The second kappa shape index (κ2) is 9.33. The fourth-order valence-electron chi connectivity index (χ4n) is 3.29. The van der Waals surface area contributed by atoms with Gasteiger partial charge in [0.1, 0.15) is 0 Å². The second-order valence-corrected chi connectivity index (χ2v) is 9.43. The molecule has 2 aromatic heterocycles. The molecule has 0 saturated heterocycles. The highest BCUT2D eigenvalue weighted by atomic mass is 32.2. The zero-order valence-corrected chi connectivity index (χ0v) is 18.1. The minimum atomic E-state index is -3.39. The van der Waals surface area contributed by atoms with Crippen LogP contribution in [0.1, 0.15) is 29.4 Å². The summed E-state index contributed by atoms with van der Waals surface area (Å²) in [5.74, 6) is 0.0394. The van der Waals surface area contributed by atoms with Gasteiger partial charge in [-0.25, -0.2) is 13.4 Å². The Kier molecular flexibility index (Phi) is 6.82. The summed E-state index contributed by atoms with van der Waals surface area (Å²) in [6.45, 7) is 5.56. The van der Waals surface area contributed by atoms with E-state index < -0.39 is 9.84 Å². The molecular weight excluding hydrogens is 384 g/mol. The Bertz CT molecular complexity index is 1050. The lowest BCUT2D eigenvalue weighted by Gasteiger charge is -2.19. The normalized spacial score (nSPS) is 11.9. The smallest absolute Gasteiger partial charge is 0.227 e. The molecule has 0 unspecified atom stereocenters. The van der Waals surface area contributed by atoms with Crippen molar-refractivity contribution in [3.05, 3.63) is 77.4 Å². The van der Waals surface area contributed by atoms with Gasteiger partial charge in [0.05, 0.1) is 23.3 Å². The van der Waals surface area contributed by atoms with Gasteiger partial charge in [-0.05, 0) is 37.6 Å². The summed E-state index contributed by atoms with van der Waals surface area (Å²) in [5, 5.41) is 0.161. The molecule has 0 radical (unpaired) electrons. The Morgan fingerprint density at radius 3 is 2.48 bits per heavy atom. The van der Waals surface area contributed by atoms with E-state index in [4.69, 9.17) is 0 Å². The molecule has 0 aliphatic carbocycles. The first kappa shape index (κ1) is 21.2. The maximum absolute atomic E-state index is 12.6. The van der Waals surface area contributed by atoms with Gasteiger partial charge in [-0.15, -0.1) is 0 Å². The number of hydrogen-bond acceptors (Lipinski definition) is 5. The van der Waals surface area contributed by atoms with E-state index in [1.807, 2.05) is 48.9 Å². The SMILES string of the molecule is CCS(=O)(=O)c1ncc(CN(C)Cc2ncccc2C)n1CCc1ccccc1. The van der Waals surface area contributed by atoms with E-state index in [2.05, 4.69) is 27.0 Å². The summed E-state index contributed by atoms with van der Waals surface area (Å²) < 4.78 is 27.0. The number of imidazole rings is 1. The number of benzene rings is 1. The Morgan fingerprint density at radius 1 is 1.03 bits per heavy atom. The van der Waals surface area contributed by atoms with Crippen molar-refractivity contribution in [3.8, 4) is 0 Å². The van der Waals surface area contributed by atoms with Gasteiger partial charge in [0.2, 0.25) is 15.0 Å². The zero-order valence-electron chi connectivity index (χ0n) is 17.2. The molecule has 3 aromatic rings. The van der Waals surface area contributed by atoms with E-state index in [9.17, 15) is 8.42 Å². The summed E-state index contributed by atoms with van der Waals surface area (Å²) in [5.41, 5.74) is 4.23. The van der Waals surface area contributed by atoms with Crippen LogP contribution in [0.4, 0.5) is 0 Å². The molecule has 2 heterocycles. The minimum absolute atomic E-state index is 0.0394. The van der Waals surface area contributed by atoms with Gasteiger partial charge in [-0.2, -0.15) is 0 Å². The number of hydrogen-bond donors (Lipinski definition) is 0. The molecule has 7 heteroatoms. The lowest BCUT2D eigenvalue weighted by Crippen LogP contribution is -2.22. The van der Waals surface area contributed by atoms with Crippen molar-refractivity contribution in [1.82, 2.24) is 19.4 Å². The van der Waals surface area contributed by atoms with E-state index in [1.54, 1.807) is 19.3 Å². The van der Waals surface area contributed by atoms with Crippen LogP contribution in [0.25, 0.3) is 0 Å². The maximum Gasteiger partial charge on any atom is 0.227 e. The molecule has 0 aliphatic heterocycles. The summed E-state index contributed by atoms with van der Waals surface area (Å²) >= 11 is 0. The largest absolute Gasteiger partial charge is 0.317 e. The van der Waals surface area contributed by atoms with Crippen LogP contribution in [0.2, 0.25) is 0 Å². The molecule has 0 N–H and O–H groups in total. The second-order valence-electron chi connectivity index (χ2n) is 7.26. The molecule has 29 heavy (non-hydrogen) atoms. The molecular formula is C22H28N4O2S. The minimum Gasteiger partial charge on any atom is -0.317 e. The molecule has 0 fully saturated rings. The quantitative estimate of drug-likeness (QED) is 0.540. The van der Waals surface area contributed by atoms with Crippen molar-refractivity contribution in [1.29, 1.82) is 0 Å². The summed E-state index contributed by atoms with van der Waals surface area (Å²) in [6, 6.07) is 14.1. The van der Waals surface area contributed by atoms with Crippen molar-refractivity contribution in [2.24, 2.45) is 0 Å². The van der Waals surface area contributed by atoms with Crippen LogP contribution in [0, 0.1) is 6.92 Å². The average Bonchev–Trinajstić information content (AvgIpc) is 3.12. The Morgan fingerprint density at radius 2 is 1.79 bits per heavy atom. The van der Waals surface area contributed by atoms with Gasteiger partial charge in [0.15, 0.2) is 0 Å². The number of rotatable bonds is 9. The Labute approximate surface area is 173 Å². The lowest BCUT2D eigenvalue weighted by molar-refractivity contribution is 0.303. The van der Waals surface area contributed by atoms with Gasteiger partial charge in [0.25, 0.3) is 0 Å². The van der Waals surface area contributed by atoms with E-state index in [-0.39, 0.29) is 10.9 Å². The van der Waals surface area contributed by atoms with E-state index in [1.165, 1.54) is 5.56 Å². The molecule has 1 aromatic carbocycles. The van der Waals surface area contributed by atoms with Crippen LogP contribution in [0.5, 0.6) is 0 Å². The third-order valence-electron chi connectivity index (χ3n) is 5.00. The van der Waals surface area contributed by atoms with Crippen LogP contribution >= 0.6 is 0 Å². The van der Waals surface area contributed by atoms with E-state index in [0.29, 0.717) is 19.6 Å². The molecule has 0 amide bonds. The van der Waals surface area contributed by atoms with Crippen molar-refractivity contribution in [2.45, 2.75) is 45.1 Å². The number of aromatic nitrogens is 3. The van der Waals surface area contributed by atoms with Crippen molar-refractivity contribution >= 4 is 9.84 Å². The number of nitrogens with zero attached hydrogens (tertiary/aromatic N) is 4. The van der Waals surface area contributed by atoms with Crippen LogP contribution in [-0.4, -0.2) is 40.7 Å². The van der Waals surface area contributed by atoms with E-state index >= 15 is 0 Å². The summed E-state index contributed by atoms with van der Waals surface area (Å²) in [7, 11) is -1.38. The predicted octanol–water partition coefficient (Wildman–Crippen LogP) is 3.25. The third kappa shape index (κ3) is 5.31. The molecule has 0 saturated carbocycles. The molecule has 3 rings (SSSR count). The molecule has 0 spiro atoms. The lowest BCUT2D eigenvalue weighted by atomic mass is 10.1. The first-order chi connectivity index (χ1) is 13.9. The first-order valence-corrected chi connectivity index (χ1v) is 11.5. The van der Waals surface area contributed by atoms with Crippen LogP contribution in [0.3, 0.4) is 0 Å². The van der Waals surface area contributed by atoms with Crippen LogP contribution in [-0.2, 0) is 35.9 Å². The highest BCUT2D eigenvalue weighted by Gasteiger charge is 2.22. The molecule has 154 valence electrons. The summed E-state index contributed by atoms with van der Waals surface area (Å²) in [4.78, 5) is 10.9. The van der Waals surface area contributed by atoms with Gasteiger partial charge in [-0.1, -0.05) is 43.3 Å². The molecule has 6 nitrogen and oxygen atoms in total. The van der Waals surface area contributed by atoms with Crippen molar-refractivity contribution in [3.63, 3.8) is 0 Å². The van der Waals surface area contributed by atoms with Gasteiger partial charge >= 0.3 is 0 Å². The molecule has 0 atom stereocenters. The van der Waals surface area contributed by atoms with Crippen LogP contribution < -0.4 is 0 Å². The summed E-state index contributed by atoms with van der Waals surface area (Å²) in [6.07, 6.45) is 4.24. The Hall–Kier alpha value is -2.51. The first-order valence-electron chi connectivity index (χ1n) is 9.81. The average molecular weight is 413 g/mol. The molecule has 0 bridgehead atoms. The van der Waals surface area contributed by atoms with Crippen LogP contribution in [0.15, 0.2) is 60.0 Å². The predicted molar refractivity (Wildman–Crippen MR) is 114 cm³/mol. The van der Waals surface area contributed by atoms with Gasteiger partial charge in [0, 0.05) is 25.8 Å². The fraction of sp³-hybridized carbons (Fsp3) is 0.364. The standard InChI is InChI=1S/C22H28N4O2S/c1-4-29(27,28)22-24-15-20(26(22)14-12-19-10-6-5-7-11-19)16-25(3)17-21-18(2)9-8-13-23-21/h5-11,13,15H,4,12,14,16-17H2,1-3H3. The van der Waals surface area contributed by atoms with Crippen molar-refractivity contribution in [2.75, 3.05) is 12.8 Å². The monoisotopic (exact) mass is 412 g/mol. The van der Waals surface area contributed by atoms with Gasteiger partial charge in [-0.3, -0.25) is 9.88 Å². The number of sulfone groups is 1. The topological polar surface area (TPSA) is 68.1 Å². The highest BCUT2D eigenvalue weighted by Crippen LogP contribution is 2.17. The number of aryl methyl sites for hydroxylation is 2. The highest BCUT2D eigenvalue weighted by molar-refractivity contribution is 7.91. The Balaban J connectivity index is 1.82. The van der Waals surface area contributed by atoms with Gasteiger partial charge < -0.3 is 4.57 Å². The zero-order chi connectivity index (χ0) is 20.9. The fourth-order valence-corrected chi connectivity index (χ4v) is 4.31.